The summed E-state index contributed by atoms with van der Waals surface area (Å²) in [5.74, 6) is -1.83. The van der Waals surface area contributed by atoms with Crippen molar-refractivity contribution in [1.82, 2.24) is 35.1 Å². The number of likely N-dealkylation sites (tertiary alicyclic amines) is 1. The van der Waals surface area contributed by atoms with Crippen LogP contribution in [0.25, 0.3) is 26.8 Å². The van der Waals surface area contributed by atoms with Crippen LogP contribution in [-0.4, -0.2) is 81.0 Å². The van der Waals surface area contributed by atoms with Gasteiger partial charge in [-0.05, 0) is 36.3 Å². The summed E-state index contributed by atoms with van der Waals surface area (Å²) in [6.07, 6.45) is 4.08. The number of halogens is 2. The summed E-state index contributed by atoms with van der Waals surface area (Å²) < 4.78 is 27.7. The van der Waals surface area contributed by atoms with E-state index in [1.54, 1.807) is 16.2 Å². The molecule has 1 fully saturated rings. The lowest BCUT2D eigenvalue weighted by Gasteiger charge is -2.32. The Kier molecular flexibility index (Phi) is 6.66. The van der Waals surface area contributed by atoms with Crippen molar-refractivity contribution >= 4 is 55.7 Å². The van der Waals surface area contributed by atoms with Crippen molar-refractivity contribution in [1.29, 1.82) is 0 Å². The molecule has 1 saturated heterocycles. The first-order chi connectivity index (χ1) is 18.4. The van der Waals surface area contributed by atoms with Crippen molar-refractivity contribution in [3.63, 3.8) is 0 Å². The largest absolute Gasteiger partial charge is 0.340 e. The number of alkyl halides is 2. The van der Waals surface area contributed by atoms with Gasteiger partial charge in [0, 0.05) is 63.5 Å². The monoisotopic (exact) mass is 538 g/mol. The van der Waals surface area contributed by atoms with Crippen LogP contribution in [-0.2, 0) is 0 Å². The normalized spacial score (nSPS) is 18.1. The number of hydrogen-bond donors (Lipinski definition) is 3. The summed E-state index contributed by atoms with van der Waals surface area (Å²) in [7, 11) is 0. The zero-order chi connectivity index (χ0) is 26.1. The van der Waals surface area contributed by atoms with E-state index in [2.05, 4.69) is 42.7 Å². The summed E-state index contributed by atoms with van der Waals surface area (Å²) in [6, 6.07) is 7.95. The fourth-order valence-corrected chi connectivity index (χ4v) is 5.63. The van der Waals surface area contributed by atoms with E-state index in [0.717, 1.165) is 44.0 Å². The molecule has 3 aromatic heterocycles. The van der Waals surface area contributed by atoms with Crippen LogP contribution in [0, 0.1) is 0 Å². The number of aromatic amines is 1. The second kappa shape index (κ2) is 10.3. The van der Waals surface area contributed by atoms with Crippen molar-refractivity contribution in [2.75, 3.05) is 44.6 Å². The molecule has 0 saturated carbocycles. The molecule has 5 heterocycles. The van der Waals surface area contributed by atoms with Crippen molar-refractivity contribution < 1.29 is 13.6 Å². The van der Waals surface area contributed by atoms with Gasteiger partial charge in [0.25, 0.3) is 5.92 Å². The van der Waals surface area contributed by atoms with Crippen LogP contribution >= 0.6 is 11.3 Å². The summed E-state index contributed by atoms with van der Waals surface area (Å²) >= 11 is 1.59. The maximum absolute atomic E-state index is 13.3. The average Bonchev–Trinajstić information content (AvgIpc) is 3.57. The van der Waals surface area contributed by atoms with Gasteiger partial charge in [0.2, 0.25) is 0 Å². The van der Waals surface area contributed by atoms with Gasteiger partial charge in [0.05, 0.1) is 21.1 Å². The molecule has 0 spiro atoms. The Hall–Kier alpha value is -3.64. The molecule has 9 nitrogen and oxygen atoms in total. The maximum Gasteiger partial charge on any atom is 0.317 e. The standard InChI is InChI=1S/C26H28F2N8OS/c27-26(28)5-10-35(11-6-26)12-7-29-25(37)36-8-3-17(4-9-36)21-14-19-23(30-15-31-24(19)34-21)33-18-1-2-20-22(13-18)38-16-32-20/h1-3,13-16H,4-12H2,(H,29,37)(H2,30,31,33,34). The number of piperidine rings is 1. The number of amides is 2. The second-order valence-electron chi connectivity index (χ2n) is 9.68. The molecule has 38 heavy (non-hydrogen) atoms. The molecule has 6 rings (SSSR count). The van der Waals surface area contributed by atoms with Gasteiger partial charge in [-0.25, -0.2) is 28.5 Å². The van der Waals surface area contributed by atoms with Crippen molar-refractivity contribution in [2.45, 2.75) is 25.2 Å². The molecule has 0 radical (unpaired) electrons. The van der Waals surface area contributed by atoms with E-state index >= 15 is 0 Å². The van der Waals surface area contributed by atoms with Crippen molar-refractivity contribution in [3.05, 3.63) is 47.9 Å². The number of rotatable bonds is 6. The molecule has 0 unspecified atom stereocenters. The number of H-pyrrole nitrogens is 1. The quantitative estimate of drug-likeness (QED) is 0.325. The van der Waals surface area contributed by atoms with E-state index in [9.17, 15) is 13.6 Å². The molecule has 2 aliphatic rings. The second-order valence-corrected chi connectivity index (χ2v) is 10.6. The summed E-state index contributed by atoms with van der Waals surface area (Å²) in [5.41, 5.74) is 6.56. The molecule has 3 N–H and O–H groups in total. The fourth-order valence-electron chi connectivity index (χ4n) is 4.92. The Morgan fingerprint density at radius 3 is 2.82 bits per heavy atom. The summed E-state index contributed by atoms with van der Waals surface area (Å²) in [6.45, 7) is 2.86. The number of urea groups is 1. The van der Waals surface area contributed by atoms with Gasteiger partial charge in [0.15, 0.2) is 0 Å². The smallest absolute Gasteiger partial charge is 0.317 e. The first-order valence-electron chi connectivity index (χ1n) is 12.7. The van der Waals surface area contributed by atoms with Crippen molar-refractivity contribution in [2.24, 2.45) is 0 Å². The fraction of sp³-hybridized carbons (Fsp3) is 0.385. The first kappa shape index (κ1) is 24.7. The van der Waals surface area contributed by atoms with E-state index in [-0.39, 0.29) is 18.9 Å². The molecular weight excluding hydrogens is 510 g/mol. The number of benzene rings is 1. The van der Waals surface area contributed by atoms with Gasteiger partial charge in [-0.15, -0.1) is 11.3 Å². The predicted molar refractivity (Wildman–Crippen MR) is 145 cm³/mol. The summed E-state index contributed by atoms with van der Waals surface area (Å²) in [4.78, 5) is 32.9. The number of aromatic nitrogens is 4. The Labute approximate surface area is 222 Å². The predicted octanol–water partition coefficient (Wildman–Crippen LogP) is 4.84. The topological polar surface area (TPSA) is 102 Å². The van der Waals surface area contributed by atoms with Gasteiger partial charge in [-0.1, -0.05) is 6.08 Å². The Morgan fingerprint density at radius 2 is 2.00 bits per heavy atom. The Bertz CT molecular complexity index is 1490. The Balaban J connectivity index is 1.06. The SMILES string of the molecule is O=C(NCCN1CCC(F)(F)CC1)N1CC=C(c2cc3c(Nc4ccc5ncsc5c4)ncnc3[nH]2)CC1. The minimum absolute atomic E-state index is 0.111. The Morgan fingerprint density at radius 1 is 1.13 bits per heavy atom. The zero-order valence-electron chi connectivity index (χ0n) is 20.7. The molecule has 0 bridgehead atoms. The highest BCUT2D eigenvalue weighted by atomic mass is 32.1. The molecule has 2 aliphatic heterocycles. The van der Waals surface area contributed by atoms with Gasteiger partial charge in [-0.3, -0.25) is 0 Å². The third-order valence-electron chi connectivity index (χ3n) is 7.15. The number of carbonyl (C=O) groups excluding carboxylic acids is 1. The highest BCUT2D eigenvalue weighted by Gasteiger charge is 2.33. The van der Waals surface area contributed by atoms with Crippen LogP contribution in [0.4, 0.5) is 25.1 Å². The lowest BCUT2D eigenvalue weighted by Crippen LogP contribution is -2.46. The third-order valence-corrected chi connectivity index (χ3v) is 7.95. The maximum atomic E-state index is 13.3. The lowest BCUT2D eigenvalue weighted by atomic mass is 10.1. The van der Waals surface area contributed by atoms with Gasteiger partial charge in [0.1, 0.15) is 17.8 Å². The number of anilines is 2. The van der Waals surface area contributed by atoms with E-state index < -0.39 is 5.92 Å². The molecule has 1 aromatic carbocycles. The zero-order valence-corrected chi connectivity index (χ0v) is 21.5. The van der Waals surface area contributed by atoms with Crippen molar-refractivity contribution in [3.8, 4) is 0 Å². The van der Waals surface area contributed by atoms with Gasteiger partial charge < -0.3 is 25.4 Å². The van der Waals surface area contributed by atoms with Crippen LogP contribution < -0.4 is 10.6 Å². The molecule has 4 aromatic rings. The van der Waals surface area contributed by atoms with E-state index in [1.165, 1.54) is 6.33 Å². The van der Waals surface area contributed by atoms with Crippen LogP contribution in [0.5, 0.6) is 0 Å². The molecule has 12 heteroatoms. The van der Waals surface area contributed by atoms with Crippen LogP contribution in [0.1, 0.15) is 25.0 Å². The minimum atomic E-state index is -2.55. The molecule has 198 valence electrons. The van der Waals surface area contributed by atoms with Gasteiger partial charge in [-0.2, -0.15) is 0 Å². The minimum Gasteiger partial charge on any atom is -0.340 e. The lowest BCUT2D eigenvalue weighted by molar-refractivity contribution is -0.0547. The van der Waals surface area contributed by atoms with Gasteiger partial charge >= 0.3 is 6.03 Å². The van der Waals surface area contributed by atoms with Crippen LogP contribution in [0.3, 0.4) is 0 Å². The third kappa shape index (κ3) is 5.32. The van der Waals surface area contributed by atoms with Crippen LogP contribution in [0.15, 0.2) is 42.2 Å². The van der Waals surface area contributed by atoms with E-state index in [4.69, 9.17) is 0 Å². The molecule has 0 aliphatic carbocycles. The van der Waals surface area contributed by atoms with Crippen LogP contribution in [0.2, 0.25) is 0 Å². The number of thiazole rings is 1. The molecule has 0 atom stereocenters. The number of nitrogens with zero attached hydrogens (tertiary/aromatic N) is 5. The number of fused-ring (bicyclic) bond motifs is 2. The average molecular weight is 539 g/mol. The highest BCUT2D eigenvalue weighted by Crippen LogP contribution is 2.31. The molecule has 2 amide bonds. The first-order valence-corrected chi connectivity index (χ1v) is 13.6. The van der Waals surface area contributed by atoms with E-state index in [1.807, 2.05) is 28.6 Å². The molecular formula is C26H28F2N8OS. The summed E-state index contributed by atoms with van der Waals surface area (Å²) in [5, 5.41) is 7.22. The number of carbonyl (C=O) groups is 1. The highest BCUT2D eigenvalue weighted by molar-refractivity contribution is 7.16. The van der Waals surface area contributed by atoms with E-state index in [0.29, 0.717) is 45.7 Å². The number of hydrogen-bond acceptors (Lipinski definition) is 7. The number of nitrogens with one attached hydrogen (secondary N) is 3.